The summed E-state index contributed by atoms with van der Waals surface area (Å²) in [6.07, 6.45) is -0.148. The van der Waals surface area contributed by atoms with Crippen molar-refractivity contribution in [2.45, 2.75) is 23.6 Å². The van der Waals surface area contributed by atoms with Gasteiger partial charge in [-0.1, -0.05) is 78.9 Å². The molecule has 30 heavy (non-hydrogen) atoms. The molecule has 0 aliphatic rings. The molecule has 0 atom stereocenters. The first kappa shape index (κ1) is 19.9. The van der Waals surface area contributed by atoms with E-state index < -0.39 is 15.7 Å². The van der Waals surface area contributed by atoms with Gasteiger partial charge in [-0.3, -0.25) is 4.79 Å². The first-order valence-electron chi connectivity index (χ1n) is 9.65. The van der Waals surface area contributed by atoms with Gasteiger partial charge in [0.05, 0.1) is 17.1 Å². The molecule has 0 unspecified atom stereocenters. The highest BCUT2D eigenvalue weighted by atomic mass is 32.2. The number of para-hydroxylation sites is 1. The maximum atomic E-state index is 13.5. The highest BCUT2D eigenvalue weighted by Gasteiger charge is 2.28. The normalized spacial score (nSPS) is 11.6. The molecule has 0 aliphatic heterocycles. The number of primary amides is 1. The van der Waals surface area contributed by atoms with E-state index in [2.05, 4.69) is 0 Å². The van der Waals surface area contributed by atoms with Crippen LogP contribution in [0.4, 0.5) is 0 Å². The van der Waals surface area contributed by atoms with E-state index in [1.54, 1.807) is 18.2 Å². The van der Waals surface area contributed by atoms with Gasteiger partial charge in [0, 0.05) is 23.1 Å². The summed E-state index contributed by atoms with van der Waals surface area (Å²) in [7, 11) is -3.72. The van der Waals surface area contributed by atoms with E-state index in [-0.39, 0.29) is 17.1 Å². The number of benzene rings is 3. The van der Waals surface area contributed by atoms with E-state index in [0.29, 0.717) is 23.2 Å². The van der Waals surface area contributed by atoms with Gasteiger partial charge >= 0.3 is 0 Å². The zero-order valence-corrected chi connectivity index (χ0v) is 17.2. The van der Waals surface area contributed by atoms with Crippen LogP contribution in [0, 0.1) is 0 Å². The Labute approximate surface area is 175 Å². The maximum Gasteiger partial charge on any atom is 0.223 e. The van der Waals surface area contributed by atoms with Crippen molar-refractivity contribution < 1.29 is 13.2 Å². The molecule has 0 spiro atoms. The Morgan fingerprint density at radius 2 is 1.37 bits per heavy atom. The van der Waals surface area contributed by atoms with Crippen molar-refractivity contribution >= 4 is 26.6 Å². The third-order valence-corrected chi connectivity index (χ3v) is 6.85. The predicted molar refractivity (Wildman–Crippen MR) is 118 cm³/mol. The molecule has 6 heteroatoms. The van der Waals surface area contributed by atoms with Crippen molar-refractivity contribution in [1.82, 2.24) is 4.57 Å². The monoisotopic (exact) mass is 418 g/mol. The van der Waals surface area contributed by atoms with Crippen LogP contribution in [-0.2, 0) is 33.4 Å². The predicted octanol–water partition coefficient (Wildman–Crippen LogP) is 3.69. The van der Waals surface area contributed by atoms with Crippen LogP contribution >= 0.6 is 0 Å². The first-order chi connectivity index (χ1) is 14.5. The molecular weight excluding hydrogens is 396 g/mol. The molecule has 0 saturated carbocycles. The summed E-state index contributed by atoms with van der Waals surface area (Å²) in [6, 6.07) is 26.1. The number of carbonyl (C=O) groups excluding carboxylic acids is 1. The number of sulfone groups is 1. The Morgan fingerprint density at radius 1 is 0.800 bits per heavy atom. The summed E-state index contributed by atoms with van der Waals surface area (Å²) in [6.45, 7) is 0.449. The molecule has 1 aromatic heterocycles. The number of nitrogens with two attached hydrogens (primary N) is 1. The molecule has 0 saturated heterocycles. The number of hydrogen-bond donors (Lipinski definition) is 1. The highest BCUT2D eigenvalue weighted by molar-refractivity contribution is 7.91. The summed E-state index contributed by atoms with van der Waals surface area (Å²) >= 11 is 0. The van der Waals surface area contributed by atoms with E-state index >= 15 is 0 Å². The number of fused-ring (bicyclic) bond motifs is 1. The van der Waals surface area contributed by atoms with Crippen LogP contribution < -0.4 is 5.73 Å². The van der Waals surface area contributed by atoms with E-state index in [0.717, 1.165) is 11.1 Å². The number of hydrogen-bond acceptors (Lipinski definition) is 3. The lowest BCUT2D eigenvalue weighted by Gasteiger charge is -2.12. The molecule has 1 amide bonds. The minimum Gasteiger partial charge on any atom is -0.369 e. The van der Waals surface area contributed by atoms with Crippen LogP contribution in [0.15, 0.2) is 89.8 Å². The van der Waals surface area contributed by atoms with Gasteiger partial charge in [-0.25, -0.2) is 8.42 Å². The molecule has 2 N–H and O–H groups in total. The Balaban J connectivity index is 1.93. The SMILES string of the molecule is NC(=O)Cc1c(S(=O)(=O)Cc2ccccc2)c2ccccc2n1Cc1ccccc1. The molecule has 4 aromatic rings. The van der Waals surface area contributed by atoms with Gasteiger partial charge in [0.25, 0.3) is 0 Å². The summed E-state index contributed by atoms with van der Waals surface area (Å²) in [5.41, 5.74) is 8.43. The fraction of sp³-hybridized carbons (Fsp3) is 0.125. The van der Waals surface area contributed by atoms with Crippen LogP contribution in [0.3, 0.4) is 0 Å². The fourth-order valence-electron chi connectivity index (χ4n) is 3.82. The largest absolute Gasteiger partial charge is 0.369 e. The lowest BCUT2D eigenvalue weighted by Crippen LogP contribution is -2.19. The van der Waals surface area contributed by atoms with Crippen LogP contribution in [0.5, 0.6) is 0 Å². The minimum absolute atomic E-state index is 0.140. The minimum atomic E-state index is -3.72. The average molecular weight is 419 g/mol. The Hall–Kier alpha value is -3.38. The van der Waals surface area contributed by atoms with E-state index in [1.807, 2.05) is 71.3 Å². The quantitative estimate of drug-likeness (QED) is 0.497. The number of aromatic nitrogens is 1. The molecule has 4 rings (SSSR count). The van der Waals surface area contributed by atoms with Gasteiger partial charge in [0.2, 0.25) is 5.91 Å². The lowest BCUT2D eigenvalue weighted by molar-refractivity contribution is -0.117. The summed E-state index contributed by atoms with van der Waals surface area (Å²) in [5, 5.41) is 0.612. The van der Waals surface area contributed by atoms with Gasteiger partial charge < -0.3 is 10.3 Å². The van der Waals surface area contributed by atoms with E-state index in [9.17, 15) is 13.2 Å². The van der Waals surface area contributed by atoms with Crippen molar-refractivity contribution in [1.29, 1.82) is 0 Å². The zero-order valence-electron chi connectivity index (χ0n) is 16.4. The molecule has 3 aromatic carbocycles. The van der Waals surface area contributed by atoms with Crippen molar-refractivity contribution in [2.75, 3.05) is 0 Å². The number of rotatable bonds is 7. The second-order valence-electron chi connectivity index (χ2n) is 7.25. The summed E-state index contributed by atoms with van der Waals surface area (Å²) in [4.78, 5) is 12.1. The molecule has 5 nitrogen and oxygen atoms in total. The van der Waals surface area contributed by atoms with Crippen molar-refractivity contribution in [3.8, 4) is 0 Å². The van der Waals surface area contributed by atoms with Gasteiger partial charge in [0.1, 0.15) is 0 Å². The smallest absolute Gasteiger partial charge is 0.223 e. The van der Waals surface area contributed by atoms with Crippen LogP contribution in [0.1, 0.15) is 16.8 Å². The Kier molecular flexibility index (Phi) is 5.42. The van der Waals surface area contributed by atoms with Crippen LogP contribution in [0.25, 0.3) is 10.9 Å². The second kappa shape index (κ2) is 8.16. The maximum absolute atomic E-state index is 13.5. The van der Waals surface area contributed by atoms with E-state index in [1.165, 1.54) is 0 Å². The lowest BCUT2D eigenvalue weighted by atomic mass is 10.2. The van der Waals surface area contributed by atoms with Crippen molar-refractivity contribution in [3.05, 3.63) is 102 Å². The fourth-order valence-corrected chi connectivity index (χ4v) is 5.65. The molecule has 0 fully saturated rings. The van der Waals surface area contributed by atoms with Gasteiger partial charge in [0.15, 0.2) is 9.84 Å². The standard InChI is InChI=1S/C24H22N2O3S/c25-23(27)15-22-24(30(28,29)17-19-11-5-2-6-12-19)20-13-7-8-14-21(20)26(22)16-18-9-3-1-4-10-18/h1-14H,15-17H2,(H2,25,27). The topological polar surface area (TPSA) is 82.2 Å². The average Bonchev–Trinajstić information content (AvgIpc) is 3.02. The number of carbonyl (C=O) groups is 1. The van der Waals surface area contributed by atoms with Gasteiger partial charge in [-0.15, -0.1) is 0 Å². The number of amides is 1. The first-order valence-corrected chi connectivity index (χ1v) is 11.3. The summed E-state index contributed by atoms with van der Waals surface area (Å²) in [5.74, 6) is -0.706. The van der Waals surface area contributed by atoms with Crippen molar-refractivity contribution in [3.63, 3.8) is 0 Å². The van der Waals surface area contributed by atoms with Crippen LogP contribution in [0.2, 0.25) is 0 Å². The van der Waals surface area contributed by atoms with Crippen molar-refractivity contribution in [2.24, 2.45) is 5.73 Å². The Morgan fingerprint density at radius 3 is 2.00 bits per heavy atom. The third kappa shape index (κ3) is 4.00. The highest BCUT2D eigenvalue weighted by Crippen LogP contribution is 2.33. The molecule has 152 valence electrons. The third-order valence-electron chi connectivity index (χ3n) is 5.06. The molecule has 1 heterocycles. The molecular formula is C24H22N2O3S. The second-order valence-corrected chi connectivity index (χ2v) is 9.18. The Bertz CT molecular complexity index is 1290. The molecule has 0 radical (unpaired) electrons. The van der Waals surface area contributed by atoms with E-state index in [4.69, 9.17) is 5.73 Å². The number of nitrogens with zero attached hydrogens (tertiary/aromatic N) is 1. The zero-order chi connectivity index (χ0) is 21.1. The van der Waals surface area contributed by atoms with Gasteiger partial charge in [-0.2, -0.15) is 0 Å². The van der Waals surface area contributed by atoms with Crippen LogP contribution in [-0.4, -0.2) is 18.9 Å². The molecule has 0 aliphatic carbocycles. The van der Waals surface area contributed by atoms with Gasteiger partial charge in [-0.05, 0) is 17.2 Å². The molecule has 0 bridgehead atoms. The summed E-state index contributed by atoms with van der Waals surface area (Å²) < 4.78 is 28.9.